The highest BCUT2D eigenvalue weighted by Crippen LogP contribution is 2.53. The van der Waals surface area contributed by atoms with E-state index in [0.29, 0.717) is 0 Å². The number of rotatable bonds is 3. The largest absolute Gasteiger partial charge is 0.456 e. The Hall–Kier alpha value is -6.56. The number of benzene rings is 8. The summed E-state index contributed by atoms with van der Waals surface area (Å²) in [5.41, 5.74) is 23.1. The first-order valence-electron chi connectivity index (χ1n) is 24.7. The Kier molecular flexibility index (Phi) is 7.96. The van der Waals surface area contributed by atoms with Crippen molar-refractivity contribution >= 4 is 105 Å². The van der Waals surface area contributed by atoms with Crippen LogP contribution in [0.25, 0.3) is 91.9 Å². The molecule has 3 nitrogen and oxygen atoms in total. The van der Waals surface area contributed by atoms with Gasteiger partial charge in [0.25, 0.3) is 0 Å². The van der Waals surface area contributed by atoms with Crippen LogP contribution in [0, 0.1) is 0 Å². The van der Waals surface area contributed by atoms with Crippen molar-refractivity contribution in [1.29, 1.82) is 0 Å². The number of nitrogens with one attached hydrogen (secondary N) is 1. The van der Waals surface area contributed by atoms with Crippen molar-refractivity contribution in [3.05, 3.63) is 161 Å². The minimum atomic E-state index is -0.123. The third-order valence-electron chi connectivity index (χ3n) is 16.8. The molecule has 1 N–H and O–H groups in total. The molecule has 0 unspecified atom stereocenters. The number of nitrogens with zero attached hydrogens (tertiary/aromatic N) is 1. The molecule has 3 aromatic heterocycles. The standard InChI is InChI=1S/C63H55BN2OS/c1-60(2,3)34-18-20-35(21-19-34)65-51-33-57-44(45-28-48-49(31-56(45)68-57)62(6,7)25-24-61(48,4)5)27-41(51)38-22-23-39-42-26-40-36-14-10-12-16-46(36)63(8,9)47(40)30-52(42)66-53-29-43-37-15-11-13-17-54(37)67-55(43)32-50(53)64-58(38)59(39)66/h10-23,26-33,64-65H,24-25H2,1-9H3. The van der Waals surface area contributed by atoms with Gasteiger partial charge in [-0.15, -0.1) is 11.3 Å². The lowest BCUT2D eigenvalue weighted by atomic mass is 9.59. The minimum absolute atomic E-state index is 0.0715. The molecule has 11 aromatic rings. The van der Waals surface area contributed by atoms with E-state index in [0.717, 1.165) is 40.6 Å². The molecule has 4 heterocycles. The van der Waals surface area contributed by atoms with Crippen LogP contribution >= 0.6 is 11.3 Å². The van der Waals surface area contributed by atoms with Crippen molar-refractivity contribution < 1.29 is 4.42 Å². The number of fused-ring (bicyclic) bond motifs is 15. The van der Waals surface area contributed by atoms with Gasteiger partial charge in [-0.1, -0.05) is 135 Å². The molecule has 332 valence electrons. The van der Waals surface area contributed by atoms with Crippen LogP contribution in [0.15, 0.2) is 138 Å². The zero-order valence-electron chi connectivity index (χ0n) is 40.6. The molecule has 1 aliphatic heterocycles. The van der Waals surface area contributed by atoms with Crippen LogP contribution in [0.4, 0.5) is 11.4 Å². The summed E-state index contributed by atoms with van der Waals surface area (Å²) in [5, 5.41) is 11.6. The lowest BCUT2D eigenvalue weighted by molar-refractivity contribution is 0.332. The predicted octanol–water partition coefficient (Wildman–Crippen LogP) is 16.1. The van der Waals surface area contributed by atoms with E-state index in [1.807, 2.05) is 11.3 Å². The molecule has 2 aliphatic carbocycles. The Morgan fingerprint density at radius 1 is 0.559 bits per heavy atom. The van der Waals surface area contributed by atoms with E-state index < -0.39 is 0 Å². The van der Waals surface area contributed by atoms with Crippen LogP contribution in [-0.4, -0.2) is 11.8 Å². The molecule has 0 radical (unpaired) electrons. The van der Waals surface area contributed by atoms with Gasteiger partial charge in [-0.3, -0.25) is 0 Å². The third kappa shape index (κ3) is 5.54. The number of anilines is 2. The monoisotopic (exact) mass is 898 g/mol. The van der Waals surface area contributed by atoms with E-state index in [9.17, 15) is 0 Å². The van der Waals surface area contributed by atoms with Gasteiger partial charge < -0.3 is 14.3 Å². The van der Waals surface area contributed by atoms with Gasteiger partial charge >= 0.3 is 0 Å². The maximum absolute atomic E-state index is 6.63. The van der Waals surface area contributed by atoms with Crippen molar-refractivity contribution in [2.75, 3.05) is 5.32 Å². The van der Waals surface area contributed by atoms with Crippen molar-refractivity contribution in [3.8, 4) is 27.9 Å². The molecule has 3 aliphatic rings. The number of para-hydroxylation sites is 1. The molecular weight excluding hydrogens is 844 g/mol. The van der Waals surface area contributed by atoms with Gasteiger partial charge in [-0.2, -0.15) is 0 Å². The zero-order chi connectivity index (χ0) is 46.4. The summed E-state index contributed by atoms with van der Waals surface area (Å²) >= 11 is 1.94. The predicted molar refractivity (Wildman–Crippen MR) is 294 cm³/mol. The lowest BCUT2D eigenvalue weighted by Crippen LogP contribution is -2.37. The Morgan fingerprint density at radius 3 is 2.06 bits per heavy atom. The fourth-order valence-electron chi connectivity index (χ4n) is 12.8. The van der Waals surface area contributed by atoms with E-state index in [4.69, 9.17) is 4.42 Å². The summed E-state index contributed by atoms with van der Waals surface area (Å²) in [5.74, 6) is 0. The maximum Gasteiger partial charge on any atom is 0.198 e. The van der Waals surface area contributed by atoms with Gasteiger partial charge in [-0.05, 0) is 146 Å². The summed E-state index contributed by atoms with van der Waals surface area (Å²) in [7, 11) is 0.790. The second-order valence-corrected chi connectivity index (χ2v) is 24.4. The average molecular weight is 899 g/mol. The van der Waals surface area contributed by atoms with Gasteiger partial charge in [0.2, 0.25) is 0 Å². The Morgan fingerprint density at radius 2 is 1.26 bits per heavy atom. The number of aromatic nitrogens is 1. The SMILES string of the molecule is CC(C)(C)c1ccc(Nc2cc3sc4cc5c(cc4c3cc2-c2ccc3c4cc6c(cc4n4c3c2Bc2cc3oc7ccccc7c3cc2-4)C(C)(C)c2ccccc2-6)C(C)(C)CCC5(C)C)cc1. The highest BCUT2D eigenvalue weighted by atomic mass is 32.1. The lowest BCUT2D eigenvalue weighted by Gasteiger charge is -2.41. The van der Waals surface area contributed by atoms with Crippen molar-refractivity contribution in [1.82, 2.24) is 4.57 Å². The van der Waals surface area contributed by atoms with Crippen LogP contribution in [0.1, 0.15) is 103 Å². The topological polar surface area (TPSA) is 30.1 Å². The molecule has 0 saturated carbocycles. The highest BCUT2D eigenvalue weighted by molar-refractivity contribution is 7.25. The van der Waals surface area contributed by atoms with Gasteiger partial charge in [0.05, 0.1) is 5.52 Å². The van der Waals surface area contributed by atoms with Crippen molar-refractivity contribution in [2.45, 2.75) is 96.8 Å². The average Bonchev–Trinajstić information content (AvgIpc) is 4.02. The fraction of sp³-hybridized carbons (Fsp3) is 0.238. The smallest absolute Gasteiger partial charge is 0.198 e. The number of thiophene rings is 1. The molecule has 5 heteroatoms. The van der Waals surface area contributed by atoms with Gasteiger partial charge in [-0.25, -0.2) is 0 Å². The molecule has 68 heavy (non-hydrogen) atoms. The summed E-state index contributed by atoms with van der Waals surface area (Å²) in [6.07, 6.45) is 2.40. The summed E-state index contributed by atoms with van der Waals surface area (Å²) in [4.78, 5) is 0. The fourth-order valence-corrected chi connectivity index (χ4v) is 14.0. The summed E-state index contributed by atoms with van der Waals surface area (Å²) < 4.78 is 11.9. The quantitative estimate of drug-likeness (QED) is 0.179. The van der Waals surface area contributed by atoms with Gasteiger partial charge in [0.15, 0.2) is 7.28 Å². The molecule has 0 saturated heterocycles. The maximum atomic E-state index is 6.63. The van der Waals surface area contributed by atoms with E-state index in [1.54, 1.807) is 0 Å². The summed E-state index contributed by atoms with van der Waals surface area (Å²) in [6, 6.07) is 51.4. The molecule has 14 rings (SSSR count). The Balaban J connectivity index is 1.07. The van der Waals surface area contributed by atoms with Crippen LogP contribution in [0.3, 0.4) is 0 Å². The van der Waals surface area contributed by atoms with Crippen LogP contribution < -0.4 is 16.2 Å². The van der Waals surface area contributed by atoms with E-state index in [-0.39, 0.29) is 21.7 Å². The number of hydrogen-bond donors (Lipinski definition) is 1. The normalized spacial score (nSPS) is 16.4. The molecular formula is C63H55BN2OS. The molecule has 0 bridgehead atoms. The van der Waals surface area contributed by atoms with Crippen LogP contribution in [0.2, 0.25) is 0 Å². The number of hydrogen-bond acceptors (Lipinski definition) is 3. The van der Waals surface area contributed by atoms with Gasteiger partial charge in [0.1, 0.15) is 11.2 Å². The molecule has 0 spiro atoms. The second kappa shape index (κ2) is 13.4. The Labute approximate surface area is 403 Å². The molecule has 8 aromatic carbocycles. The van der Waals surface area contributed by atoms with E-state index in [2.05, 4.69) is 206 Å². The molecule has 0 amide bonds. The first kappa shape index (κ1) is 40.5. The van der Waals surface area contributed by atoms with E-state index >= 15 is 0 Å². The molecule has 0 fully saturated rings. The number of furan rings is 1. The van der Waals surface area contributed by atoms with Crippen molar-refractivity contribution in [3.63, 3.8) is 0 Å². The first-order chi connectivity index (χ1) is 32.5. The van der Waals surface area contributed by atoms with E-state index in [1.165, 1.54) is 122 Å². The minimum Gasteiger partial charge on any atom is -0.456 e. The highest BCUT2D eigenvalue weighted by Gasteiger charge is 2.39. The van der Waals surface area contributed by atoms with Crippen LogP contribution in [0.5, 0.6) is 0 Å². The van der Waals surface area contributed by atoms with Gasteiger partial charge in [0, 0.05) is 75.3 Å². The third-order valence-corrected chi connectivity index (χ3v) is 17.9. The van der Waals surface area contributed by atoms with Crippen molar-refractivity contribution in [2.24, 2.45) is 0 Å². The Bertz CT molecular complexity index is 4030. The zero-order valence-corrected chi connectivity index (χ0v) is 41.4. The van der Waals surface area contributed by atoms with Crippen LogP contribution in [-0.2, 0) is 21.7 Å². The second-order valence-electron chi connectivity index (χ2n) is 23.3. The first-order valence-corrected chi connectivity index (χ1v) is 25.5. The summed E-state index contributed by atoms with van der Waals surface area (Å²) in [6.45, 7) is 21.4. The molecule has 0 atom stereocenters.